The van der Waals surface area contributed by atoms with Crippen molar-refractivity contribution in [2.24, 2.45) is 0 Å². The molecule has 0 fully saturated rings. The van der Waals surface area contributed by atoms with Crippen molar-refractivity contribution in [3.05, 3.63) is 65.2 Å². The number of nitrogens with one attached hydrogen (secondary N) is 3. The van der Waals surface area contributed by atoms with Crippen molar-refractivity contribution in [1.29, 1.82) is 0 Å². The first-order valence-corrected chi connectivity index (χ1v) is 10.0. The van der Waals surface area contributed by atoms with Crippen molar-refractivity contribution in [3.63, 3.8) is 0 Å². The minimum Gasteiger partial charge on any atom is -0.383 e. The van der Waals surface area contributed by atoms with Crippen LogP contribution in [0.1, 0.15) is 33.2 Å². The average molecular weight is 405 g/mol. The van der Waals surface area contributed by atoms with E-state index in [0.29, 0.717) is 5.56 Å². The van der Waals surface area contributed by atoms with Gasteiger partial charge in [0.2, 0.25) is 10.0 Å². The van der Waals surface area contributed by atoms with Gasteiger partial charge in [-0.15, -0.1) is 0 Å². The largest absolute Gasteiger partial charge is 0.383 e. The summed E-state index contributed by atoms with van der Waals surface area (Å²) in [5.74, 6) is -1.01. The molecule has 1 atom stereocenters. The number of hydrogen-bond acceptors (Lipinski definition) is 5. The summed E-state index contributed by atoms with van der Waals surface area (Å²) in [6.07, 6.45) is 0. The molecule has 150 valence electrons. The first-order valence-electron chi connectivity index (χ1n) is 8.52. The van der Waals surface area contributed by atoms with E-state index in [9.17, 15) is 18.0 Å². The second kappa shape index (κ2) is 9.45. The van der Waals surface area contributed by atoms with Gasteiger partial charge in [-0.3, -0.25) is 20.4 Å². The highest BCUT2D eigenvalue weighted by Crippen LogP contribution is 2.11. The number of hydrazine groups is 1. The number of methoxy groups -OCH3 is 1. The van der Waals surface area contributed by atoms with Gasteiger partial charge in [-0.05, 0) is 49.7 Å². The van der Waals surface area contributed by atoms with Crippen molar-refractivity contribution >= 4 is 21.8 Å². The summed E-state index contributed by atoms with van der Waals surface area (Å²) in [6.45, 7) is 3.71. The first kappa shape index (κ1) is 21.5. The second-order valence-electron chi connectivity index (χ2n) is 6.23. The van der Waals surface area contributed by atoms with Crippen molar-refractivity contribution in [3.8, 4) is 0 Å². The lowest BCUT2D eigenvalue weighted by Crippen LogP contribution is -2.41. The quantitative estimate of drug-likeness (QED) is 0.603. The molecule has 28 heavy (non-hydrogen) atoms. The van der Waals surface area contributed by atoms with Crippen molar-refractivity contribution in [2.75, 3.05) is 13.7 Å². The SMILES string of the molecule is COC[C@@H](C)NS(=O)(=O)c1ccc(C(=O)NNC(=O)c2ccccc2C)cc1. The maximum atomic E-state index is 12.3. The van der Waals surface area contributed by atoms with Crippen LogP contribution in [0.4, 0.5) is 0 Å². The molecule has 2 aromatic carbocycles. The molecule has 2 rings (SSSR count). The topological polar surface area (TPSA) is 114 Å². The van der Waals surface area contributed by atoms with Crippen LogP contribution in [-0.2, 0) is 14.8 Å². The maximum Gasteiger partial charge on any atom is 0.269 e. The molecule has 0 bridgehead atoms. The van der Waals surface area contributed by atoms with Crippen molar-refractivity contribution < 1.29 is 22.7 Å². The van der Waals surface area contributed by atoms with Crippen LogP contribution in [0, 0.1) is 6.92 Å². The number of hydrogen-bond donors (Lipinski definition) is 3. The molecule has 0 aliphatic carbocycles. The zero-order chi connectivity index (χ0) is 20.7. The number of carbonyl (C=O) groups excluding carboxylic acids is 2. The van der Waals surface area contributed by atoms with Gasteiger partial charge in [0.25, 0.3) is 11.8 Å². The summed E-state index contributed by atoms with van der Waals surface area (Å²) >= 11 is 0. The fourth-order valence-corrected chi connectivity index (χ4v) is 3.71. The third-order valence-electron chi connectivity index (χ3n) is 3.88. The Labute approximate surface area is 164 Å². The van der Waals surface area contributed by atoms with E-state index in [1.165, 1.54) is 31.4 Å². The van der Waals surface area contributed by atoms with Gasteiger partial charge in [-0.25, -0.2) is 13.1 Å². The zero-order valence-corrected chi connectivity index (χ0v) is 16.7. The summed E-state index contributed by atoms with van der Waals surface area (Å²) in [7, 11) is -2.24. The number of amides is 2. The van der Waals surface area contributed by atoms with Gasteiger partial charge in [0.15, 0.2) is 0 Å². The third kappa shape index (κ3) is 5.62. The third-order valence-corrected chi connectivity index (χ3v) is 5.48. The van der Waals surface area contributed by atoms with Gasteiger partial charge in [0.1, 0.15) is 0 Å². The summed E-state index contributed by atoms with van der Waals surface area (Å²) < 4.78 is 31.9. The molecular weight excluding hydrogens is 382 g/mol. The molecule has 0 saturated heterocycles. The van der Waals surface area contributed by atoms with Gasteiger partial charge >= 0.3 is 0 Å². The molecule has 0 radical (unpaired) electrons. The molecule has 9 heteroatoms. The number of ether oxygens (including phenoxy) is 1. The minimum absolute atomic E-state index is 0.0240. The van der Waals surface area contributed by atoms with Crippen LogP contribution in [0.25, 0.3) is 0 Å². The highest BCUT2D eigenvalue weighted by Gasteiger charge is 2.18. The number of carbonyl (C=O) groups is 2. The molecule has 0 heterocycles. The number of aryl methyl sites for hydroxylation is 1. The molecule has 0 aliphatic rings. The summed E-state index contributed by atoms with van der Waals surface area (Å²) in [5, 5.41) is 0. The molecule has 3 N–H and O–H groups in total. The Morgan fingerprint density at radius 3 is 2.21 bits per heavy atom. The Balaban J connectivity index is 2.00. The Morgan fingerprint density at radius 2 is 1.61 bits per heavy atom. The molecule has 0 aliphatic heterocycles. The smallest absolute Gasteiger partial charge is 0.269 e. The molecule has 0 spiro atoms. The van der Waals surface area contributed by atoms with Crippen LogP contribution in [0.2, 0.25) is 0 Å². The number of rotatable bonds is 7. The Kier molecular flexibility index (Phi) is 7.27. The fraction of sp³-hybridized carbons (Fsp3) is 0.263. The normalized spacial score (nSPS) is 12.2. The number of benzene rings is 2. The van der Waals surface area contributed by atoms with E-state index in [0.717, 1.165) is 5.56 Å². The molecule has 0 saturated carbocycles. The Bertz CT molecular complexity index is 942. The molecule has 8 nitrogen and oxygen atoms in total. The molecule has 2 amide bonds. The van der Waals surface area contributed by atoms with Gasteiger partial charge < -0.3 is 4.74 Å². The molecule has 0 unspecified atom stereocenters. The Hall–Kier alpha value is -2.75. The monoisotopic (exact) mass is 405 g/mol. The predicted octanol–water partition coefficient (Wildman–Crippen LogP) is 1.38. The van der Waals surface area contributed by atoms with Gasteiger partial charge in [-0.1, -0.05) is 18.2 Å². The highest BCUT2D eigenvalue weighted by atomic mass is 32.2. The van der Waals surface area contributed by atoms with E-state index in [2.05, 4.69) is 15.6 Å². The standard InChI is InChI=1S/C19H23N3O5S/c1-13-6-4-5-7-17(13)19(24)21-20-18(23)15-8-10-16(11-9-15)28(25,26)22-14(2)12-27-3/h4-11,14,22H,12H2,1-3H3,(H,20,23)(H,21,24)/t14-/m1/s1. The Morgan fingerprint density at radius 1 is 1.00 bits per heavy atom. The minimum atomic E-state index is -3.72. The van der Waals surface area contributed by atoms with Crippen molar-refractivity contribution in [1.82, 2.24) is 15.6 Å². The average Bonchev–Trinajstić information content (AvgIpc) is 2.66. The lowest BCUT2D eigenvalue weighted by molar-refractivity contribution is 0.0846. The zero-order valence-electron chi connectivity index (χ0n) is 15.9. The van der Waals surface area contributed by atoms with Crippen LogP contribution in [0.5, 0.6) is 0 Å². The van der Waals surface area contributed by atoms with Crippen LogP contribution < -0.4 is 15.6 Å². The van der Waals surface area contributed by atoms with Gasteiger partial charge in [-0.2, -0.15) is 0 Å². The predicted molar refractivity (Wildman–Crippen MR) is 104 cm³/mol. The maximum absolute atomic E-state index is 12.3. The highest BCUT2D eigenvalue weighted by molar-refractivity contribution is 7.89. The molecule has 2 aromatic rings. The second-order valence-corrected chi connectivity index (χ2v) is 7.94. The number of sulfonamides is 1. The summed E-state index contributed by atoms with van der Waals surface area (Å²) in [5.41, 5.74) is 6.08. The summed E-state index contributed by atoms with van der Waals surface area (Å²) in [4.78, 5) is 24.3. The summed E-state index contributed by atoms with van der Waals surface area (Å²) in [6, 6.07) is 11.9. The van der Waals surface area contributed by atoms with Gasteiger partial charge in [0.05, 0.1) is 11.5 Å². The lowest BCUT2D eigenvalue weighted by Gasteiger charge is -2.13. The van der Waals surface area contributed by atoms with E-state index in [1.807, 2.05) is 6.07 Å². The molecule has 0 aromatic heterocycles. The molecular formula is C19H23N3O5S. The van der Waals surface area contributed by atoms with E-state index >= 15 is 0 Å². The van der Waals surface area contributed by atoms with Crippen LogP contribution in [-0.4, -0.2) is 40.0 Å². The lowest BCUT2D eigenvalue weighted by atomic mass is 10.1. The van der Waals surface area contributed by atoms with Gasteiger partial charge in [0, 0.05) is 24.3 Å². The van der Waals surface area contributed by atoms with E-state index in [-0.39, 0.29) is 17.1 Å². The van der Waals surface area contributed by atoms with Crippen LogP contribution >= 0.6 is 0 Å². The van der Waals surface area contributed by atoms with E-state index in [4.69, 9.17) is 4.74 Å². The van der Waals surface area contributed by atoms with E-state index < -0.39 is 27.9 Å². The van der Waals surface area contributed by atoms with Crippen molar-refractivity contribution in [2.45, 2.75) is 24.8 Å². The first-order chi connectivity index (χ1) is 13.2. The van der Waals surface area contributed by atoms with Crippen LogP contribution in [0.15, 0.2) is 53.4 Å². The van der Waals surface area contributed by atoms with E-state index in [1.54, 1.807) is 32.0 Å². The van der Waals surface area contributed by atoms with Crippen LogP contribution in [0.3, 0.4) is 0 Å². The fourth-order valence-electron chi connectivity index (χ4n) is 2.48.